The van der Waals surface area contributed by atoms with Gasteiger partial charge in [-0.05, 0) is 19.4 Å². The van der Waals surface area contributed by atoms with Gasteiger partial charge in [-0.3, -0.25) is 9.32 Å². The molecule has 2 atom stereocenters. The van der Waals surface area contributed by atoms with Crippen LogP contribution in [0.4, 0.5) is 0 Å². The van der Waals surface area contributed by atoms with Gasteiger partial charge in [0.25, 0.3) is 0 Å². The van der Waals surface area contributed by atoms with Crippen molar-refractivity contribution in [1.29, 1.82) is 0 Å². The SMILES string of the molecule is CCOC(=O)[C@H](C)NP(=O)(OC)OCc1ccccc1. The second-order valence-corrected chi connectivity index (χ2v) is 5.92. The van der Waals surface area contributed by atoms with Crippen molar-refractivity contribution in [3.05, 3.63) is 35.9 Å². The summed E-state index contributed by atoms with van der Waals surface area (Å²) in [5.41, 5.74) is 0.857. The zero-order valence-corrected chi connectivity index (χ0v) is 12.8. The van der Waals surface area contributed by atoms with Crippen molar-refractivity contribution < 1.29 is 23.1 Å². The minimum absolute atomic E-state index is 0.120. The van der Waals surface area contributed by atoms with Gasteiger partial charge in [0, 0.05) is 7.11 Å². The number of carbonyl (C=O) groups is 1. The highest BCUT2D eigenvalue weighted by Crippen LogP contribution is 2.44. The van der Waals surface area contributed by atoms with Gasteiger partial charge in [-0.25, -0.2) is 9.65 Å². The van der Waals surface area contributed by atoms with Crippen LogP contribution in [0, 0.1) is 0 Å². The zero-order valence-electron chi connectivity index (χ0n) is 11.9. The number of rotatable bonds is 8. The third kappa shape index (κ3) is 5.43. The van der Waals surface area contributed by atoms with Gasteiger partial charge in [-0.15, -0.1) is 0 Å². The van der Waals surface area contributed by atoms with Crippen LogP contribution < -0.4 is 5.09 Å². The lowest BCUT2D eigenvalue weighted by Crippen LogP contribution is -2.34. The minimum atomic E-state index is -3.55. The molecule has 1 aromatic carbocycles. The van der Waals surface area contributed by atoms with E-state index in [4.69, 9.17) is 13.8 Å². The maximum atomic E-state index is 12.3. The van der Waals surface area contributed by atoms with Crippen LogP contribution in [0.25, 0.3) is 0 Å². The standard InChI is InChI=1S/C13H20NO5P/c1-4-18-13(15)11(2)14-20(16,17-3)19-10-12-8-6-5-7-9-12/h5-9,11H,4,10H2,1-3H3,(H,14,16)/t11-,20?/m0/s1. The van der Waals surface area contributed by atoms with E-state index >= 15 is 0 Å². The first-order valence-electron chi connectivity index (χ1n) is 6.29. The predicted molar refractivity (Wildman–Crippen MR) is 75.1 cm³/mol. The van der Waals surface area contributed by atoms with Gasteiger partial charge in [0.1, 0.15) is 6.04 Å². The molecule has 0 amide bonds. The third-order valence-electron chi connectivity index (χ3n) is 2.48. The Morgan fingerprint density at radius 1 is 1.35 bits per heavy atom. The summed E-state index contributed by atoms with van der Waals surface area (Å²) in [6, 6.07) is 8.48. The van der Waals surface area contributed by atoms with Gasteiger partial charge < -0.3 is 9.26 Å². The second kappa shape index (κ2) is 8.17. The molecule has 0 aliphatic rings. The lowest BCUT2D eigenvalue weighted by atomic mass is 10.2. The van der Waals surface area contributed by atoms with E-state index in [0.717, 1.165) is 5.56 Å². The van der Waals surface area contributed by atoms with Crippen molar-refractivity contribution in [2.75, 3.05) is 13.7 Å². The Labute approximate surface area is 119 Å². The summed E-state index contributed by atoms with van der Waals surface area (Å²) in [7, 11) is -2.29. The Morgan fingerprint density at radius 3 is 2.55 bits per heavy atom. The van der Waals surface area contributed by atoms with Gasteiger partial charge in [-0.2, -0.15) is 0 Å². The lowest BCUT2D eigenvalue weighted by molar-refractivity contribution is -0.144. The summed E-state index contributed by atoms with van der Waals surface area (Å²) in [6.07, 6.45) is 0. The molecule has 0 spiro atoms. The molecule has 1 N–H and O–H groups in total. The first kappa shape index (κ1) is 16.9. The fraction of sp³-hybridized carbons (Fsp3) is 0.462. The largest absolute Gasteiger partial charge is 0.465 e. The van der Waals surface area contributed by atoms with Crippen molar-refractivity contribution in [2.45, 2.75) is 26.5 Å². The summed E-state index contributed by atoms with van der Waals surface area (Å²) < 4.78 is 27.3. The number of ether oxygens (including phenoxy) is 1. The molecule has 0 fully saturated rings. The number of carbonyl (C=O) groups excluding carboxylic acids is 1. The van der Waals surface area contributed by atoms with Crippen LogP contribution in [0.2, 0.25) is 0 Å². The smallest absolute Gasteiger partial charge is 0.406 e. The van der Waals surface area contributed by atoms with Crippen molar-refractivity contribution in [2.24, 2.45) is 0 Å². The Morgan fingerprint density at radius 2 is 2.00 bits per heavy atom. The summed E-state index contributed by atoms with van der Waals surface area (Å²) in [6.45, 7) is 3.61. The Hall–Kier alpha value is -1.20. The molecule has 7 heteroatoms. The third-order valence-corrected chi connectivity index (χ3v) is 4.13. The molecule has 0 radical (unpaired) electrons. The molecule has 0 aliphatic heterocycles. The van der Waals surface area contributed by atoms with E-state index in [1.54, 1.807) is 6.92 Å². The van der Waals surface area contributed by atoms with Gasteiger partial charge in [0.2, 0.25) is 0 Å². The van der Waals surface area contributed by atoms with E-state index in [2.05, 4.69) is 5.09 Å². The van der Waals surface area contributed by atoms with E-state index in [1.807, 2.05) is 30.3 Å². The first-order chi connectivity index (χ1) is 9.50. The van der Waals surface area contributed by atoms with Crippen LogP contribution in [0.3, 0.4) is 0 Å². The van der Waals surface area contributed by atoms with Gasteiger partial charge >= 0.3 is 13.7 Å². The first-order valence-corrected chi connectivity index (χ1v) is 7.83. The predicted octanol–water partition coefficient (Wildman–Crippen LogP) is 2.50. The van der Waals surface area contributed by atoms with Gasteiger partial charge in [0.15, 0.2) is 0 Å². The van der Waals surface area contributed by atoms with E-state index in [-0.39, 0.29) is 13.2 Å². The highest BCUT2D eigenvalue weighted by Gasteiger charge is 2.29. The Bertz CT molecular complexity index is 465. The number of hydrogen-bond donors (Lipinski definition) is 1. The number of nitrogens with one attached hydrogen (secondary N) is 1. The Kier molecular flexibility index (Phi) is 6.88. The van der Waals surface area contributed by atoms with Gasteiger partial charge in [0.05, 0.1) is 13.2 Å². The summed E-state index contributed by atoms with van der Waals surface area (Å²) >= 11 is 0. The summed E-state index contributed by atoms with van der Waals surface area (Å²) in [4.78, 5) is 11.5. The quantitative estimate of drug-likeness (QED) is 0.587. The van der Waals surface area contributed by atoms with Gasteiger partial charge in [-0.1, -0.05) is 30.3 Å². The van der Waals surface area contributed by atoms with Crippen LogP contribution in [0.1, 0.15) is 19.4 Å². The molecular weight excluding hydrogens is 281 g/mol. The zero-order chi connectivity index (χ0) is 15.0. The topological polar surface area (TPSA) is 73.9 Å². The Balaban J connectivity index is 2.58. The molecule has 112 valence electrons. The number of hydrogen-bond acceptors (Lipinski definition) is 5. The minimum Gasteiger partial charge on any atom is -0.465 e. The molecule has 0 saturated heterocycles. The average molecular weight is 301 g/mol. The fourth-order valence-corrected chi connectivity index (χ4v) is 2.62. The van der Waals surface area contributed by atoms with Crippen molar-refractivity contribution in [1.82, 2.24) is 5.09 Å². The molecule has 0 bridgehead atoms. The molecule has 1 unspecified atom stereocenters. The van der Waals surface area contributed by atoms with Crippen LogP contribution in [-0.4, -0.2) is 25.7 Å². The maximum Gasteiger partial charge on any atom is 0.406 e. The van der Waals surface area contributed by atoms with E-state index in [0.29, 0.717) is 0 Å². The van der Waals surface area contributed by atoms with Crippen LogP contribution in [0.15, 0.2) is 30.3 Å². The van der Waals surface area contributed by atoms with Crippen LogP contribution in [0.5, 0.6) is 0 Å². The fourth-order valence-electron chi connectivity index (χ4n) is 1.43. The number of esters is 1. The monoisotopic (exact) mass is 301 g/mol. The molecule has 0 heterocycles. The van der Waals surface area contributed by atoms with Crippen LogP contribution in [-0.2, 0) is 29.8 Å². The average Bonchev–Trinajstić information content (AvgIpc) is 2.46. The highest BCUT2D eigenvalue weighted by atomic mass is 31.2. The molecular formula is C13H20NO5P. The van der Waals surface area contributed by atoms with E-state index in [9.17, 15) is 9.36 Å². The summed E-state index contributed by atoms with van der Waals surface area (Å²) in [5.74, 6) is -0.506. The van der Waals surface area contributed by atoms with Crippen molar-refractivity contribution >= 4 is 13.7 Å². The summed E-state index contributed by atoms with van der Waals surface area (Å²) in [5, 5.41) is 2.53. The second-order valence-electron chi connectivity index (χ2n) is 4.04. The highest BCUT2D eigenvalue weighted by molar-refractivity contribution is 7.51. The molecule has 0 aliphatic carbocycles. The van der Waals surface area contributed by atoms with Crippen molar-refractivity contribution in [3.63, 3.8) is 0 Å². The van der Waals surface area contributed by atoms with Crippen LogP contribution >= 0.6 is 7.75 Å². The normalized spacial score (nSPS) is 15.3. The van der Waals surface area contributed by atoms with Crippen molar-refractivity contribution in [3.8, 4) is 0 Å². The molecule has 1 rings (SSSR count). The van der Waals surface area contributed by atoms with E-state index < -0.39 is 19.8 Å². The molecule has 1 aromatic rings. The number of benzene rings is 1. The molecule has 20 heavy (non-hydrogen) atoms. The maximum absolute atomic E-state index is 12.3. The molecule has 6 nitrogen and oxygen atoms in total. The van der Waals surface area contributed by atoms with E-state index in [1.165, 1.54) is 14.0 Å². The molecule has 0 aromatic heterocycles. The lowest BCUT2D eigenvalue weighted by Gasteiger charge is -2.20. The molecule has 0 saturated carbocycles.